The lowest BCUT2D eigenvalue weighted by Gasteiger charge is -2.14. The average molecular weight is 346 g/mol. The zero-order chi connectivity index (χ0) is 17.5. The smallest absolute Gasteiger partial charge is 0.324 e. The molecule has 24 heavy (non-hydrogen) atoms. The van der Waals surface area contributed by atoms with Crippen LogP contribution < -0.4 is 5.32 Å². The first-order valence-corrected chi connectivity index (χ1v) is 6.51. The molecule has 10 heteroatoms. The number of nitrogens with zero attached hydrogens (tertiary/aromatic N) is 3. The van der Waals surface area contributed by atoms with Crippen molar-refractivity contribution < 1.29 is 26.3 Å². The Hall–Kier alpha value is -2.78. The molecule has 126 valence electrons. The molecule has 0 atom stereocenters. The number of fused-ring (bicyclic) bond motifs is 1. The number of anilines is 2. The van der Waals surface area contributed by atoms with E-state index in [1.54, 1.807) is 18.2 Å². The standard InChI is InChI=1S/C14H8F6N4/c15-13(16,17)8-5-9(14(18,19)20)7-10(6-8)21-12-23-22-11-3-1-2-4-24(11)12/h1-7H,(H,21,23). The minimum absolute atomic E-state index is 0.00181. The van der Waals surface area contributed by atoms with Gasteiger partial charge < -0.3 is 5.32 Å². The Kier molecular flexibility index (Phi) is 3.61. The second kappa shape index (κ2) is 5.39. The maximum Gasteiger partial charge on any atom is 0.416 e. The Morgan fingerprint density at radius 3 is 2.04 bits per heavy atom. The van der Waals surface area contributed by atoms with Crippen LogP contribution >= 0.6 is 0 Å². The Labute approximate surface area is 130 Å². The third kappa shape index (κ3) is 3.12. The lowest BCUT2D eigenvalue weighted by atomic mass is 10.1. The van der Waals surface area contributed by atoms with Crippen LogP contribution in [0.2, 0.25) is 0 Å². The van der Waals surface area contributed by atoms with E-state index in [0.717, 1.165) is 0 Å². The van der Waals surface area contributed by atoms with Crippen molar-refractivity contribution in [2.24, 2.45) is 0 Å². The Morgan fingerprint density at radius 2 is 1.46 bits per heavy atom. The van der Waals surface area contributed by atoms with Gasteiger partial charge in [-0.2, -0.15) is 26.3 Å². The van der Waals surface area contributed by atoms with E-state index in [2.05, 4.69) is 15.5 Å². The van der Waals surface area contributed by atoms with Crippen LogP contribution in [0.5, 0.6) is 0 Å². The van der Waals surface area contributed by atoms with Crippen LogP contribution in [-0.2, 0) is 12.4 Å². The highest BCUT2D eigenvalue weighted by atomic mass is 19.4. The van der Waals surface area contributed by atoms with Gasteiger partial charge in [-0.05, 0) is 30.3 Å². The lowest BCUT2D eigenvalue weighted by molar-refractivity contribution is -0.143. The minimum Gasteiger partial charge on any atom is -0.324 e. The maximum atomic E-state index is 12.8. The molecule has 0 radical (unpaired) electrons. The molecule has 2 aromatic heterocycles. The van der Waals surface area contributed by atoms with Crippen molar-refractivity contribution in [3.8, 4) is 0 Å². The third-order valence-electron chi connectivity index (χ3n) is 3.16. The molecule has 0 aliphatic heterocycles. The summed E-state index contributed by atoms with van der Waals surface area (Å²) < 4.78 is 78.4. The van der Waals surface area contributed by atoms with Crippen LogP contribution in [0.3, 0.4) is 0 Å². The molecule has 0 aliphatic rings. The quantitative estimate of drug-likeness (QED) is 0.694. The van der Waals surface area contributed by atoms with Crippen LogP contribution in [0.1, 0.15) is 11.1 Å². The van der Waals surface area contributed by atoms with E-state index in [4.69, 9.17) is 0 Å². The van der Waals surface area contributed by atoms with Gasteiger partial charge in [-0.3, -0.25) is 4.40 Å². The van der Waals surface area contributed by atoms with Crippen molar-refractivity contribution in [2.45, 2.75) is 12.4 Å². The van der Waals surface area contributed by atoms with Crippen molar-refractivity contribution in [2.75, 3.05) is 5.32 Å². The number of halogens is 6. The van der Waals surface area contributed by atoms with Crippen LogP contribution in [0.25, 0.3) is 5.65 Å². The highest BCUT2D eigenvalue weighted by Crippen LogP contribution is 2.38. The van der Waals surface area contributed by atoms with Gasteiger partial charge in [0, 0.05) is 11.9 Å². The average Bonchev–Trinajstić information content (AvgIpc) is 2.89. The number of rotatable bonds is 2. The maximum absolute atomic E-state index is 12.8. The van der Waals surface area contributed by atoms with Crippen molar-refractivity contribution in [3.05, 3.63) is 53.7 Å². The first-order valence-electron chi connectivity index (χ1n) is 6.51. The van der Waals surface area contributed by atoms with Crippen molar-refractivity contribution in [3.63, 3.8) is 0 Å². The summed E-state index contributed by atoms with van der Waals surface area (Å²) >= 11 is 0. The SMILES string of the molecule is FC(F)(F)c1cc(Nc2nnc3ccccn23)cc(C(F)(F)F)c1. The van der Waals surface area contributed by atoms with Crippen LogP contribution in [-0.4, -0.2) is 14.6 Å². The lowest BCUT2D eigenvalue weighted by Crippen LogP contribution is -2.12. The fourth-order valence-corrected chi connectivity index (χ4v) is 2.08. The fraction of sp³-hybridized carbons (Fsp3) is 0.143. The Balaban J connectivity index is 2.07. The normalized spacial score (nSPS) is 12.6. The van der Waals surface area contributed by atoms with E-state index in [9.17, 15) is 26.3 Å². The number of pyridine rings is 1. The first-order chi connectivity index (χ1) is 11.1. The second-order valence-electron chi connectivity index (χ2n) is 4.87. The Bertz CT molecular complexity index is 849. The summed E-state index contributed by atoms with van der Waals surface area (Å²) in [4.78, 5) is 0. The third-order valence-corrected chi connectivity index (χ3v) is 3.16. The molecular weight excluding hydrogens is 338 g/mol. The molecule has 0 spiro atoms. The molecule has 0 saturated carbocycles. The highest BCUT2D eigenvalue weighted by Gasteiger charge is 2.37. The molecule has 1 aromatic carbocycles. The van der Waals surface area contributed by atoms with Gasteiger partial charge in [-0.15, -0.1) is 10.2 Å². The molecule has 1 N–H and O–H groups in total. The molecular formula is C14H8F6N4. The Morgan fingerprint density at radius 1 is 0.833 bits per heavy atom. The van der Waals surface area contributed by atoms with Crippen molar-refractivity contribution in [1.82, 2.24) is 14.6 Å². The summed E-state index contributed by atoms with van der Waals surface area (Å²) in [6.07, 6.45) is -8.30. The summed E-state index contributed by atoms with van der Waals surface area (Å²) in [7, 11) is 0. The minimum atomic E-state index is -4.91. The van der Waals surface area contributed by atoms with Crippen molar-refractivity contribution >= 4 is 17.3 Å². The zero-order valence-corrected chi connectivity index (χ0v) is 11.7. The summed E-state index contributed by atoms with van der Waals surface area (Å²) in [5.41, 5.74) is -2.82. The number of hydrogen-bond acceptors (Lipinski definition) is 3. The first kappa shape index (κ1) is 16.1. The van der Waals surface area contributed by atoms with E-state index >= 15 is 0 Å². The van der Waals surface area contributed by atoms with E-state index in [1.807, 2.05) is 0 Å². The number of nitrogens with one attached hydrogen (secondary N) is 1. The molecule has 0 aliphatic carbocycles. The molecule has 3 aromatic rings. The van der Waals surface area contributed by atoms with Gasteiger partial charge in [-0.1, -0.05) is 6.07 Å². The number of hydrogen-bond donors (Lipinski definition) is 1. The number of aromatic nitrogens is 3. The molecule has 0 bridgehead atoms. The predicted octanol–water partition coefficient (Wildman–Crippen LogP) is 4.51. The topological polar surface area (TPSA) is 42.2 Å². The molecule has 3 rings (SSSR count). The fourth-order valence-electron chi connectivity index (χ4n) is 2.08. The van der Waals surface area contributed by atoms with E-state index in [1.165, 1.54) is 10.6 Å². The molecule has 0 saturated heterocycles. The number of alkyl halides is 6. The van der Waals surface area contributed by atoms with Gasteiger partial charge in [0.2, 0.25) is 5.95 Å². The van der Waals surface area contributed by atoms with Gasteiger partial charge in [0.25, 0.3) is 0 Å². The largest absolute Gasteiger partial charge is 0.416 e. The molecule has 0 unspecified atom stereocenters. The predicted molar refractivity (Wildman–Crippen MR) is 72.7 cm³/mol. The van der Waals surface area contributed by atoms with Crippen LogP contribution in [0.4, 0.5) is 38.0 Å². The second-order valence-corrected chi connectivity index (χ2v) is 4.87. The van der Waals surface area contributed by atoms with Gasteiger partial charge in [0.1, 0.15) is 0 Å². The summed E-state index contributed by atoms with van der Waals surface area (Å²) in [5, 5.41) is 9.92. The van der Waals surface area contributed by atoms with E-state index in [-0.39, 0.29) is 12.0 Å². The van der Waals surface area contributed by atoms with Gasteiger partial charge in [0.15, 0.2) is 5.65 Å². The van der Waals surface area contributed by atoms with Crippen LogP contribution in [0, 0.1) is 0 Å². The zero-order valence-electron chi connectivity index (χ0n) is 11.7. The molecule has 0 amide bonds. The monoisotopic (exact) mass is 346 g/mol. The van der Waals surface area contributed by atoms with Gasteiger partial charge in [0.05, 0.1) is 11.1 Å². The molecule has 2 heterocycles. The van der Waals surface area contributed by atoms with Gasteiger partial charge >= 0.3 is 12.4 Å². The highest BCUT2D eigenvalue weighted by molar-refractivity contribution is 5.59. The molecule has 0 fully saturated rings. The van der Waals surface area contributed by atoms with Gasteiger partial charge in [-0.25, -0.2) is 0 Å². The summed E-state index contributed by atoms with van der Waals surface area (Å²) in [6.45, 7) is 0. The summed E-state index contributed by atoms with van der Waals surface area (Å²) in [5.74, 6) is -0.00181. The molecule has 4 nitrogen and oxygen atoms in total. The van der Waals surface area contributed by atoms with E-state index < -0.39 is 29.2 Å². The van der Waals surface area contributed by atoms with Crippen LogP contribution in [0.15, 0.2) is 42.6 Å². The van der Waals surface area contributed by atoms with Crippen molar-refractivity contribution in [1.29, 1.82) is 0 Å². The number of benzene rings is 1. The summed E-state index contributed by atoms with van der Waals surface area (Å²) in [6, 6.07) is 6.10. The van der Waals surface area contributed by atoms with E-state index in [0.29, 0.717) is 17.8 Å².